The van der Waals surface area contributed by atoms with E-state index in [-0.39, 0.29) is 6.42 Å². The number of anilines is 1. The van der Waals surface area contributed by atoms with E-state index in [0.29, 0.717) is 18.0 Å². The van der Waals surface area contributed by atoms with E-state index in [0.717, 1.165) is 27.7 Å². The van der Waals surface area contributed by atoms with Gasteiger partial charge >= 0.3 is 0 Å². The molecule has 6 nitrogen and oxygen atoms in total. The Bertz CT molecular complexity index is 685. The Kier molecular flexibility index (Phi) is 5.81. The average Bonchev–Trinajstić information content (AvgIpc) is 2.86. The minimum atomic E-state index is -1.09. The third-order valence-electron chi connectivity index (χ3n) is 3.34. The first-order valence-electron chi connectivity index (χ1n) is 7.14. The Balaban J connectivity index is 1.93. The van der Waals surface area contributed by atoms with Gasteiger partial charge in [0.1, 0.15) is 0 Å². The summed E-state index contributed by atoms with van der Waals surface area (Å²) >= 11 is 1.35. The number of hydrogen-bond acceptors (Lipinski definition) is 7. The summed E-state index contributed by atoms with van der Waals surface area (Å²) in [5, 5.41) is 14.6. The lowest BCUT2D eigenvalue weighted by molar-refractivity contribution is -0.304. The van der Waals surface area contributed by atoms with E-state index >= 15 is 0 Å². The molecule has 0 aliphatic rings. The number of carboxylic acids is 1. The molecule has 0 unspecified atom stereocenters. The lowest BCUT2D eigenvalue weighted by atomic mass is 10.1. The van der Waals surface area contributed by atoms with Gasteiger partial charge in [-0.3, -0.25) is 0 Å². The van der Waals surface area contributed by atoms with Gasteiger partial charge in [-0.2, -0.15) is 0 Å². The fourth-order valence-corrected chi connectivity index (χ4v) is 3.12. The maximum absolute atomic E-state index is 10.7. The highest BCUT2D eigenvalue weighted by molar-refractivity contribution is 7.15. The summed E-state index contributed by atoms with van der Waals surface area (Å²) in [7, 11) is 3.21. The second-order valence-corrected chi connectivity index (χ2v) is 6.03. The minimum Gasteiger partial charge on any atom is -0.550 e. The van der Waals surface area contributed by atoms with Gasteiger partial charge in [-0.05, 0) is 31.0 Å². The van der Waals surface area contributed by atoms with Crippen LogP contribution in [0.15, 0.2) is 18.2 Å². The normalized spacial score (nSPS) is 10.4. The summed E-state index contributed by atoms with van der Waals surface area (Å²) in [5.74, 6) is 0.312. The smallest absolute Gasteiger partial charge is 0.183 e. The van der Waals surface area contributed by atoms with Gasteiger partial charge in [-0.15, -0.1) is 11.3 Å². The predicted octanol–water partition coefficient (Wildman–Crippen LogP) is 1.42. The van der Waals surface area contributed by atoms with Crippen LogP contribution in [0, 0.1) is 6.92 Å². The number of ether oxygens (including phenoxy) is 2. The number of rotatable bonds is 8. The molecule has 1 heterocycles. The molecule has 2 aromatic rings. The third-order valence-corrected chi connectivity index (χ3v) is 4.45. The Labute approximate surface area is 139 Å². The number of nitrogens with zero attached hydrogens (tertiary/aromatic N) is 1. The molecule has 0 fully saturated rings. The number of aliphatic carboxylic acids is 1. The molecule has 7 heteroatoms. The van der Waals surface area contributed by atoms with Gasteiger partial charge in [0.15, 0.2) is 16.6 Å². The van der Waals surface area contributed by atoms with Gasteiger partial charge in [0.05, 0.1) is 19.9 Å². The van der Waals surface area contributed by atoms with Crippen molar-refractivity contribution in [1.29, 1.82) is 0 Å². The number of aromatic nitrogens is 1. The van der Waals surface area contributed by atoms with E-state index in [1.807, 2.05) is 18.2 Å². The Hall–Kier alpha value is -2.28. The van der Waals surface area contributed by atoms with Crippen molar-refractivity contribution in [2.75, 3.05) is 26.1 Å². The third kappa shape index (κ3) is 4.59. The Morgan fingerprint density at radius 3 is 2.70 bits per heavy atom. The number of benzene rings is 1. The second kappa shape index (κ2) is 7.82. The van der Waals surface area contributed by atoms with Crippen molar-refractivity contribution in [3.05, 3.63) is 34.3 Å². The first-order chi connectivity index (χ1) is 11.0. The zero-order chi connectivity index (χ0) is 16.8. The Morgan fingerprint density at radius 2 is 2.04 bits per heavy atom. The maximum Gasteiger partial charge on any atom is 0.183 e. The number of hydrogen-bond donors (Lipinski definition) is 1. The van der Waals surface area contributed by atoms with Crippen molar-refractivity contribution >= 4 is 22.4 Å². The predicted molar refractivity (Wildman–Crippen MR) is 87.3 cm³/mol. The average molecular weight is 335 g/mol. The van der Waals surface area contributed by atoms with Gasteiger partial charge in [0, 0.05) is 23.8 Å². The summed E-state index contributed by atoms with van der Waals surface area (Å²) in [6.07, 6.45) is 0.690. The van der Waals surface area contributed by atoms with E-state index in [1.54, 1.807) is 21.1 Å². The standard InChI is InChI=1S/C16H20N2O4S/c1-10-14(9-15(19)20)23-16(18-10)17-7-6-11-4-5-12(21-2)13(8-11)22-3/h4-5,8H,6-7,9H2,1-3H3,(H,17,18)(H,19,20)/p-1. The van der Waals surface area contributed by atoms with Crippen LogP contribution in [0.5, 0.6) is 11.5 Å². The van der Waals surface area contributed by atoms with Crippen molar-refractivity contribution in [3.63, 3.8) is 0 Å². The van der Waals surface area contributed by atoms with E-state index in [1.165, 1.54) is 11.3 Å². The van der Waals surface area contributed by atoms with Crippen molar-refractivity contribution in [2.24, 2.45) is 0 Å². The molecule has 0 radical (unpaired) electrons. The number of nitrogens with one attached hydrogen (secondary N) is 1. The SMILES string of the molecule is COc1ccc(CCNc2nc(C)c(CC(=O)[O-])s2)cc1OC. The van der Waals surface area contributed by atoms with Crippen LogP contribution < -0.4 is 19.9 Å². The number of methoxy groups -OCH3 is 2. The molecule has 0 saturated carbocycles. The molecule has 0 bridgehead atoms. The van der Waals surface area contributed by atoms with Gasteiger partial charge in [0.2, 0.25) is 0 Å². The van der Waals surface area contributed by atoms with Crippen molar-refractivity contribution in [1.82, 2.24) is 4.98 Å². The zero-order valence-electron chi connectivity index (χ0n) is 13.3. The van der Waals surface area contributed by atoms with Crippen LogP contribution in [0.1, 0.15) is 16.1 Å². The van der Waals surface area contributed by atoms with Crippen LogP contribution in [-0.2, 0) is 17.6 Å². The summed E-state index contributed by atoms with van der Waals surface area (Å²) in [6.45, 7) is 2.49. The van der Waals surface area contributed by atoms with Crippen molar-refractivity contribution in [2.45, 2.75) is 19.8 Å². The molecular formula is C16H19N2O4S-. The zero-order valence-corrected chi connectivity index (χ0v) is 14.2. The molecule has 2 rings (SSSR count). The fraction of sp³-hybridized carbons (Fsp3) is 0.375. The number of carboxylic acid groups (broad SMARTS) is 1. The molecule has 0 aliphatic carbocycles. The number of carbonyl (C=O) groups is 1. The van der Waals surface area contributed by atoms with Crippen molar-refractivity contribution in [3.8, 4) is 11.5 Å². The number of thiazole rings is 1. The van der Waals surface area contributed by atoms with Gasteiger partial charge < -0.3 is 24.7 Å². The van der Waals surface area contributed by atoms with E-state index < -0.39 is 5.97 Å². The molecule has 1 aromatic heterocycles. The molecule has 0 spiro atoms. The molecule has 0 aliphatic heterocycles. The fourth-order valence-electron chi connectivity index (χ4n) is 2.15. The van der Waals surface area contributed by atoms with Gasteiger partial charge in [-0.25, -0.2) is 4.98 Å². The highest BCUT2D eigenvalue weighted by atomic mass is 32.1. The summed E-state index contributed by atoms with van der Waals surface area (Å²) < 4.78 is 10.5. The first kappa shape index (κ1) is 17.1. The van der Waals surface area contributed by atoms with E-state index in [4.69, 9.17) is 9.47 Å². The quantitative estimate of drug-likeness (QED) is 0.785. The summed E-state index contributed by atoms with van der Waals surface area (Å²) in [6, 6.07) is 5.80. The van der Waals surface area contributed by atoms with Gasteiger partial charge in [0.25, 0.3) is 0 Å². The monoisotopic (exact) mass is 335 g/mol. The second-order valence-electron chi connectivity index (χ2n) is 4.94. The molecule has 0 atom stereocenters. The summed E-state index contributed by atoms with van der Waals surface area (Å²) in [4.78, 5) is 15.7. The first-order valence-corrected chi connectivity index (χ1v) is 7.96. The number of aryl methyl sites for hydroxylation is 1. The van der Waals surface area contributed by atoms with Crippen LogP contribution in [0.3, 0.4) is 0 Å². The molecule has 0 amide bonds. The van der Waals surface area contributed by atoms with Crippen molar-refractivity contribution < 1.29 is 19.4 Å². The summed E-state index contributed by atoms with van der Waals surface area (Å²) in [5.41, 5.74) is 1.84. The van der Waals surface area contributed by atoms with Gasteiger partial charge in [-0.1, -0.05) is 6.07 Å². The van der Waals surface area contributed by atoms with Crippen LogP contribution in [0.25, 0.3) is 0 Å². The van der Waals surface area contributed by atoms with E-state index in [2.05, 4.69) is 10.3 Å². The van der Waals surface area contributed by atoms with E-state index in [9.17, 15) is 9.90 Å². The lowest BCUT2D eigenvalue weighted by Crippen LogP contribution is -2.24. The molecule has 124 valence electrons. The minimum absolute atomic E-state index is 0.0964. The lowest BCUT2D eigenvalue weighted by Gasteiger charge is -2.09. The Morgan fingerprint density at radius 1 is 1.30 bits per heavy atom. The van der Waals surface area contributed by atoms with Crippen LogP contribution in [0.4, 0.5) is 5.13 Å². The molecule has 23 heavy (non-hydrogen) atoms. The van der Waals surface area contributed by atoms with Crippen LogP contribution in [-0.4, -0.2) is 31.7 Å². The highest BCUT2D eigenvalue weighted by Crippen LogP contribution is 2.28. The molecule has 0 saturated heterocycles. The maximum atomic E-state index is 10.7. The largest absolute Gasteiger partial charge is 0.550 e. The topological polar surface area (TPSA) is 83.5 Å². The van der Waals surface area contributed by atoms with Crippen LogP contribution >= 0.6 is 11.3 Å². The highest BCUT2D eigenvalue weighted by Gasteiger charge is 2.08. The molecule has 1 N–H and O–H groups in total. The number of carbonyl (C=O) groups excluding carboxylic acids is 1. The van der Waals surface area contributed by atoms with Crippen LogP contribution in [0.2, 0.25) is 0 Å². The molecule has 1 aromatic carbocycles. The molecular weight excluding hydrogens is 316 g/mol.